The number of carbonyl (C=O) groups excluding carboxylic acids is 2. The average molecular weight is 365 g/mol. The highest BCUT2D eigenvalue weighted by atomic mass is 16.5. The molecular weight excluding hydrogens is 350 g/mol. The topological polar surface area (TPSA) is 110 Å². The van der Waals surface area contributed by atoms with E-state index in [1.165, 1.54) is 12.1 Å². The molecule has 0 unspecified atom stereocenters. The monoisotopic (exact) mass is 365 g/mol. The summed E-state index contributed by atoms with van der Waals surface area (Å²) in [6.07, 6.45) is 0. The molecule has 8 heteroatoms. The SMILES string of the molecule is Cc1cccc2c(=O)[nH]c(COC(=O)c3ccc4c(c3)OCC(=O)N4)nc12. The van der Waals surface area contributed by atoms with Crippen LogP contribution in [0.3, 0.4) is 0 Å². The lowest BCUT2D eigenvalue weighted by Gasteiger charge is -2.18. The predicted octanol–water partition coefficient (Wildman–Crippen LogP) is 1.92. The van der Waals surface area contributed by atoms with Crippen molar-refractivity contribution < 1.29 is 19.1 Å². The summed E-state index contributed by atoms with van der Waals surface area (Å²) in [4.78, 5) is 42.7. The molecule has 3 aromatic rings. The van der Waals surface area contributed by atoms with Gasteiger partial charge >= 0.3 is 5.97 Å². The van der Waals surface area contributed by atoms with Gasteiger partial charge in [0.2, 0.25) is 0 Å². The molecule has 1 aromatic heterocycles. The van der Waals surface area contributed by atoms with Crippen LogP contribution in [-0.2, 0) is 16.1 Å². The molecule has 136 valence electrons. The fraction of sp³-hybridized carbons (Fsp3) is 0.158. The Hall–Kier alpha value is -3.68. The van der Waals surface area contributed by atoms with Gasteiger partial charge in [0.1, 0.15) is 18.2 Å². The number of H-pyrrole nitrogens is 1. The highest BCUT2D eigenvalue weighted by Gasteiger charge is 2.18. The first-order valence-electron chi connectivity index (χ1n) is 8.23. The molecule has 0 atom stereocenters. The molecule has 2 N–H and O–H groups in total. The van der Waals surface area contributed by atoms with Crippen molar-refractivity contribution in [1.29, 1.82) is 0 Å². The number of anilines is 1. The van der Waals surface area contributed by atoms with E-state index in [-0.39, 0.29) is 36.1 Å². The largest absolute Gasteiger partial charge is 0.482 e. The van der Waals surface area contributed by atoms with Gasteiger partial charge in [-0.3, -0.25) is 9.59 Å². The lowest BCUT2D eigenvalue weighted by atomic mass is 10.1. The maximum absolute atomic E-state index is 12.3. The molecule has 0 fully saturated rings. The van der Waals surface area contributed by atoms with Crippen LogP contribution in [0.1, 0.15) is 21.7 Å². The van der Waals surface area contributed by atoms with E-state index in [0.29, 0.717) is 22.3 Å². The van der Waals surface area contributed by atoms with Gasteiger partial charge in [0, 0.05) is 0 Å². The lowest BCUT2D eigenvalue weighted by molar-refractivity contribution is -0.118. The molecule has 0 saturated carbocycles. The van der Waals surface area contributed by atoms with E-state index < -0.39 is 5.97 Å². The first-order chi connectivity index (χ1) is 13.0. The van der Waals surface area contributed by atoms with E-state index >= 15 is 0 Å². The zero-order valence-electron chi connectivity index (χ0n) is 14.4. The normalized spacial score (nSPS) is 12.9. The highest BCUT2D eigenvalue weighted by molar-refractivity contribution is 5.97. The number of hydrogen-bond donors (Lipinski definition) is 2. The minimum atomic E-state index is -0.592. The Bertz CT molecular complexity index is 1140. The fourth-order valence-electron chi connectivity index (χ4n) is 2.84. The molecule has 2 aromatic carbocycles. The smallest absolute Gasteiger partial charge is 0.338 e. The second-order valence-electron chi connectivity index (χ2n) is 6.11. The molecule has 8 nitrogen and oxygen atoms in total. The Morgan fingerprint density at radius 2 is 2.11 bits per heavy atom. The third kappa shape index (κ3) is 3.24. The standard InChI is InChI=1S/C19H15N3O5/c1-10-3-2-4-12-17(10)21-15(22-18(12)24)8-27-19(25)11-5-6-13-14(7-11)26-9-16(23)20-13/h2-7H,8-9H2,1H3,(H,20,23)(H,21,22,24). The first-order valence-corrected chi connectivity index (χ1v) is 8.23. The maximum Gasteiger partial charge on any atom is 0.338 e. The number of esters is 1. The van der Waals surface area contributed by atoms with Crippen molar-refractivity contribution in [2.45, 2.75) is 13.5 Å². The third-order valence-corrected chi connectivity index (χ3v) is 4.18. The van der Waals surface area contributed by atoms with Gasteiger partial charge in [-0.15, -0.1) is 0 Å². The molecular formula is C19H15N3O5. The molecule has 2 heterocycles. The van der Waals surface area contributed by atoms with Crippen LogP contribution in [0.4, 0.5) is 5.69 Å². The van der Waals surface area contributed by atoms with Crippen molar-refractivity contribution in [3.05, 3.63) is 63.7 Å². The molecule has 0 aliphatic carbocycles. The number of aromatic nitrogens is 2. The van der Waals surface area contributed by atoms with Gasteiger partial charge in [0.05, 0.1) is 22.2 Å². The average Bonchev–Trinajstić information content (AvgIpc) is 2.66. The van der Waals surface area contributed by atoms with Crippen LogP contribution < -0.4 is 15.6 Å². The van der Waals surface area contributed by atoms with E-state index in [4.69, 9.17) is 9.47 Å². The number of para-hydroxylation sites is 1. The number of hydrogen-bond acceptors (Lipinski definition) is 6. The van der Waals surface area contributed by atoms with E-state index in [0.717, 1.165) is 5.56 Å². The zero-order chi connectivity index (χ0) is 19.0. The van der Waals surface area contributed by atoms with Crippen LogP contribution >= 0.6 is 0 Å². The first kappa shape index (κ1) is 16.8. The van der Waals surface area contributed by atoms with Crippen molar-refractivity contribution >= 4 is 28.5 Å². The van der Waals surface area contributed by atoms with E-state index in [9.17, 15) is 14.4 Å². The molecule has 0 spiro atoms. The number of carbonyl (C=O) groups is 2. The molecule has 0 bridgehead atoms. The predicted molar refractivity (Wildman–Crippen MR) is 96.8 cm³/mol. The Kier molecular flexibility index (Phi) is 4.08. The minimum absolute atomic E-state index is 0.104. The summed E-state index contributed by atoms with van der Waals surface area (Å²) in [5.41, 5.74) is 1.92. The van der Waals surface area contributed by atoms with Gasteiger partial charge in [-0.1, -0.05) is 12.1 Å². The summed E-state index contributed by atoms with van der Waals surface area (Å²) < 4.78 is 10.5. The zero-order valence-corrected chi connectivity index (χ0v) is 14.4. The van der Waals surface area contributed by atoms with Gasteiger partial charge in [-0.25, -0.2) is 9.78 Å². The van der Waals surface area contributed by atoms with Crippen molar-refractivity contribution in [2.24, 2.45) is 0 Å². The number of ether oxygens (including phenoxy) is 2. The summed E-state index contributed by atoms with van der Waals surface area (Å²) in [5, 5.41) is 3.13. The lowest BCUT2D eigenvalue weighted by Crippen LogP contribution is -2.25. The van der Waals surface area contributed by atoms with E-state index in [1.807, 2.05) is 13.0 Å². The molecule has 0 saturated heterocycles. The molecule has 4 rings (SSSR count). The second kappa shape index (κ2) is 6.56. The van der Waals surface area contributed by atoms with Crippen LogP contribution in [-0.4, -0.2) is 28.5 Å². The van der Waals surface area contributed by atoms with Crippen molar-refractivity contribution in [3.8, 4) is 5.75 Å². The molecule has 0 radical (unpaired) electrons. The minimum Gasteiger partial charge on any atom is -0.482 e. The van der Waals surface area contributed by atoms with Crippen molar-refractivity contribution in [1.82, 2.24) is 9.97 Å². The Morgan fingerprint density at radius 3 is 2.96 bits per heavy atom. The number of rotatable bonds is 3. The van der Waals surface area contributed by atoms with Crippen molar-refractivity contribution in [2.75, 3.05) is 11.9 Å². The fourth-order valence-corrected chi connectivity index (χ4v) is 2.84. The van der Waals surface area contributed by atoms with Crippen LogP contribution in [0.25, 0.3) is 10.9 Å². The Balaban J connectivity index is 1.53. The van der Waals surface area contributed by atoms with E-state index in [2.05, 4.69) is 15.3 Å². The van der Waals surface area contributed by atoms with Gasteiger partial charge in [-0.2, -0.15) is 0 Å². The number of nitrogens with zero attached hydrogens (tertiary/aromatic N) is 1. The molecule has 27 heavy (non-hydrogen) atoms. The van der Waals surface area contributed by atoms with Gasteiger partial charge in [0.25, 0.3) is 11.5 Å². The number of amides is 1. The summed E-state index contributed by atoms with van der Waals surface area (Å²) >= 11 is 0. The number of fused-ring (bicyclic) bond motifs is 2. The molecule has 1 aliphatic rings. The van der Waals surface area contributed by atoms with Crippen LogP contribution in [0.5, 0.6) is 5.75 Å². The number of aryl methyl sites for hydroxylation is 1. The number of nitrogens with one attached hydrogen (secondary N) is 2. The quantitative estimate of drug-likeness (QED) is 0.686. The highest BCUT2D eigenvalue weighted by Crippen LogP contribution is 2.28. The van der Waals surface area contributed by atoms with Gasteiger partial charge in [0.15, 0.2) is 6.61 Å². The van der Waals surface area contributed by atoms with E-state index in [1.54, 1.807) is 18.2 Å². The number of aromatic amines is 1. The molecule has 1 aliphatic heterocycles. The van der Waals surface area contributed by atoms with Gasteiger partial charge < -0.3 is 19.8 Å². The summed E-state index contributed by atoms with van der Waals surface area (Å²) in [6, 6.07) is 9.93. The third-order valence-electron chi connectivity index (χ3n) is 4.18. The second-order valence-corrected chi connectivity index (χ2v) is 6.11. The summed E-state index contributed by atoms with van der Waals surface area (Å²) in [7, 11) is 0. The Morgan fingerprint density at radius 1 is 1.26 bits per heavy atom. The molecule has 1 amide bonds. The maximum atomic E-state index is 12.3. The van der Waals surface area contributed by atoms with Crippen LogP contribution in [0, 0.1) is 6.92 Å². The van der Waals surface area contributed by atoms with Crippen molar-refractivity contribution in [3.63, 3.8) is 0 Å². The van der Waals surface area contributed by atoms with Gasteiger partial charge in [-0.05, 0) is 36.8 Å². The Labute approximate surface area is 153 Å². The number of benzene rings is 2. The summed E-state index contributed by atoms with van der Waals surface area (Å²) in [6.45, 7) is 1.58. The van der Waals surface area contributed by atoms with Crippen LogP contribution in [0.2, 0.25) is 0 Å². The summed E-state index contributed by atoms with van der Waals surface area (Å²) in [5.74, 6) is -0.182. The van der Waals surface area contributed by atoms with Crippen LogP contribution in [0.15, 0.2) is 41.2 Å².